The lowest BCUT2D eigenvalue weighted by molar-refractivity contribution is 0.587. The molecule has 3 aromatic rings. The van der Waals surface area contributed by atoms with E-state index < -0.39 is 15.1 Å². The van der Waals surface area contributed by atoms with Gasteiger partial charge in [0.1, 0.15) is 0 Å². The van der Waals surface area contributed by atoms with Crippen LogP contribution in [0.2, 0.25) is 0 Å². The maximum atomic E-state index is 12.2. The Kier molecular flexibility index (Phi) is 5.24. The van der Waals surface area contributed by atoms with Crippen LogP contribution in [-0.4, -0.2) is 23.6 Å². The molecule has 27 heavy (non-hydrogen) atoms. The largest absolute Gasteiger partial charge is 0.381 e. The van der Waals surface area contributed by atoms with E-state index in [2.05, 4.69) is 21.8 Å². The van der Waals surface area contributed by atoms with E-state index in [4.69, 9.17) is 5.73 Å². The van der Waals surface area contributed by atoms with Crippen molar-refractivity contribution in [2.24, 2.45) is 0 Å². The van der Waals surface area contributed by atoms with Gasteiger partial charge >= 0.3 is 0 Å². The van der Waals surface area contributed by atoms with Gasteiger partial charge < -0.3 is 5.73 Å². The lowest BCUT2D eigenvalue weighted by Crippen LogP contribution is -2.13. The van der Waals surface area contributed by atoms with Gasteiger partial charge in [-0.3, -0.25) is 0 Å². The van der Waals surface area contributed by atoms with Crippen LogP contribution >= 0.6 is 0 Å². The predicted octanol–water partition coefficient (Wildman–Crippen LogP) is 3.31. The number of rotatable bonds is 3. The van der Waals surface area contributed by atoms with Crippen molar-refractivity contribution >= 4 is 15.7 Å². The van der Waals surface area contributed by atoms with Crippen molar-refractivity contribution in [1.82, 2.24) is 9.97 Å². The zero-order valence-electron chi connectivity index (χ0n) is 15.0. The van der Waals surface area contributed by atoms with Gasteiger partial charge in [-0.15, -0.1) is 0 Å². The van der Waals surface area contributed by atoms with E-state index in [0.29, 0.717) is 11.4 Å². The molecule has 3 rings (SSSR count). The van der Waals surface area contributed by atoms with Crippen LogP contribution in [0.25, 0.3) is 11.3 Å². The van der Waals surface area contributed by atoms with Crippen molar-refractivity contribution in [3.05, 3.63) is 72.1 Å². The number of hydrogen-bond acceptors (Lipinski definition) is 5. The van der Waals surface area contributed by atoms with Gasteiger partial charge in [-0.25, -0.2) is 18.4 Å². The van der Waals surface area contributed by atoms with Crippen LogP contribution in [-0.2, 0) is 9.84 Å². The molecule has 6 heteroatoms. The van der Waals surface area contributed by atoms with Crippen LogP contribution < -0.4 is 5.73 Å². The topological polar surface area (TPSA) is 85.9 Å². The Morgan fingerprint density at radius 3 is 2.26 bits per heavy atom. The third kappa shape index (κ3) is 4.15. The van der Waals surface area contributed by atoms with Crippen molar-refractivity contribution in [3.63, 3.8) is 0 Å². The molecular formula is C21H19N3O2S. The van der Waals surface area contributed by atoms with Crippen LogP contribution in [0.3, 0.4) is 0 Å². The maximum absolute atomic E-state index is 12.2. The summed E-state index contributed by atoms with van der Waals surface area (Å²) in [5.74, 6) is 6.21. The zero-order chi connectivity index (χ0) is 19.4. The van der Waals surface area contributed by atoms with E-state index >= 15 is 0 Å². The maximum Gasteiger partial charge on any atom is 0.180 e. The summed E-state index contributed by atoms with van der Waals surface area (Å²) in [6.07, 6.45) is 1.55. The minimum Gasteiger partial charge on any atom is -0.381 e. The number of nitrogens with zero attached hydrogens (tertiary/aromatic N) is 2. The molecule has 0 atom stereocenters. The molecule has 0 saturated carbocycles. The van der Waals surface area contributed by atoms with Crippen LogP contribution in [0, 0.1) is 11.8 Å². The Morgan fingerprint density at radius 1 is 0.963 bits per heavy atom. The first kappa shape index (κ1) is 18.6. The van der Waals surface area contributed by atoms with E-state index in [1.54, 1.807) is 44.3 Å². The molecule has 0 aliphatic rings. The van der Waals surface area contributed by atoms with Gasteiger partial charge in [0.2, 0.25) is 0 Å². The van der Waals surface area contributed by atoms with Gasteiger partial charge in [-0.05, 0) is 44.0 Å². The Hall–Kier alpha value is -3.17. The lowest BCUT2D eigenvalue weighted by atomic mass is 10.1. The summed E-state index contributed by atoms with van der Waals surface area (Å²) in [7, 11) is -3.31. The molecule has 0 saturated heterocycles. The van der Waals surface area contributed by atoms with Gasteiger partial charge in [0.05, 0.1) is 22.0 Å². The zero-order valence-corrected chi connectivity index (χ0v) is 15.9. The summed E-state index contributed by atoms with van der Waals surface area (Å²) in [5.41, 5.74) is 8.45. The van der Waals surface area contributed by atoms with E-state index in [0.717, 1.165) is 11.1 Å². The van der Waals surface area contributed by atoms with Gasteiger partial charge in [-0.2, -0.15) is 0 Å². The van der Waals surface area contributed by atoms with Crippen molar-refractivity contribution in [2.75, 3.05) is 5.73 Å². The summed E-state index contributed by atoms with van der Waals surface area (Å²) in [4.78, 5) is 8.92. The minimum atomic E-state index is -3.31. The van der Waals surface area contributed by atoms with E-state index in [9.17, 15) is 8.42 Å². The Balaban J connectivity index is 1.94. The monoisotopic (exact) mass is 377 g/mol. The van der Waals surface area contributed by atoms with E-state index in [1.165, 1.54) is 0 Å². The summed E-state index contributed by atoms with van der Waals surface area (Å²) in [5, 5.41) is -0.473. The molecule has 1 heterocycles. The highest BCUT2D eigenvalue weighted by atomic mass is 32.2. The average Bonchev–Trinajstić information content (AvgIpc) is 2.68. The molecule has 2 N–H and O–H groups in total. The number of nitrogens with two attached hydrogens (primary N) is 1. The molecule has 0 amide bonds. The lowest BCUT2D eigenvalue weighted by Gasteiger charge is -2.08. The molecule has 0 aliphatic carbocycles. The van der Waals surface area contributed by atoms with Crippen LogP contribution in [0.5, 0.6) is 0 Å². The van der Waals surface area contributed by atoms with Gasteiger partial charge in [-0.1, -0.05) is 36.3 Å². The molecule has 0 spiro atoms. The van der Waals surface area contributed by atoms with Crippen molar-refractivity contribution in [2.45, 2.75) is 24.0 Å². The number of hydrogen-bond donors (Lipinski definition) is 1. The third-order valence-electron chi connectivity index (χ3n) is 4.00. The first-order valence-corrected chi connectivity index (χ1v) is 9.96. The van der Waals surface area contributed by atoms with E-state index in [1.807, 2.05) is 30.3 Å². The molecule has 0 unspecified atom stereocenters. The number of aromatic nitrogens is 2. The number of benzene rings is 2. The summed E-state index contributed by atoms with van der Waals surface area (Å²) in [6, 6.07) is 16.1. The van der Waals surface area contributed by atoms with Gasteiger partial charge in [0.15, 0.2) is 21.3 Å². The highest BCUT2D eigenvalue weighted by Crippen LogP contribution is 2.22. The fraction of sp³-hybridized carbons (Fsp3) is 0.143. The van der Waals surface area contributed by atoms with Crippen LogP contribution in [0.1, 0.15) is 25.1 Å². The van der Waals surface area contributed by atoms with E-state index in [-0.39, 0.29) is 10.7 Å². The highest BCUT2D eigenvalue weighted by molar-refractivity contribution is 7.92. The molecule has 0 radical (unpaired) electrons. The van der Waals surface area contributed by atoms with Gasteiger partial charge in [0, 0.05) is 11.1 Å². The first-order valence-electron chi connectivity index (χ1n) is 8.42. The Labute approximate surface area is 159 Å². The summed E-state index contributed by atoms with van der Waals surface area (Å²) < 4.78 is 24.5. The molecule has 0 aliphatic heterocycles. The van der Waals surface area contributed by atoms with Crippen molar-refractivity contribution in [1.29, 1.82) is 0 Å². The van der Waals surface area contributed by atoms with Crippen LogP contribution in [0.4, 0.5) is 5.82 Å². The first-order chi connectivity index (χ1) is 12.9. The second kappa shape index (κ2) is 7.60. The van der Waals surface area contributed by atoms with Gasteiger partial charge in [0.25, 0.3) is 0 Å². The molecule has 2 aromatic carbocycles. The molecule has 5 nitrogen and oxygen atoms in total. The third-order valence-corrected chi connectivity index (χ3v) is 6.17. The van der Waals surface area contributed by atoms with Crippen molar-refractivity contribution < 1.29 is 8.42 Å². The fourth-order valence-electron chi connectivity index (χ4n) is 2.37. The van der Waals surface area contributed by atoms with Crippen molar-refractivity contribution in [3.8, 4) is 23.1 Å². The predicted molar refractivity (Wildman–Crippen MR) is 107 cm³/mol. The average molecular weight is 377 g/mol. The SMILES string of the molecule is CC(C)S(=O)(=O)c1ccc(-c2cnc(N)c(C#Cc3ccccc3)n2)cc1. The van der Waals surface area contributed by atoms with Crippen LogP contribution in [0.15, 0.2) is 65.7 Å². The highest BCUT2D eigenvalue weighted by Gasteiger charge is 2.19. The standard InChI is InChI=1S/C21H19N3O2S/c1-15(2)27(25,26)18-11-9-17(10-12-18)20-14-23-21(22)19(24-20)13-8-16-6-4-3-5-7-16/h3-7,9-12,14-15H,1-2H3,(H2,22,23). The second-order valence-corrected chi connectivity index (χ2v) is 8.73. The molecule has 0 bridgehead atoms. The number of sulfone groups is 1. The molecule has 0 fully saturated rings. The Morgan fingerprint density at radius 2 is 1.63 bits per heavy atom. The fourth-order valence-corrected chi connectivity index (χ4v) is 3.43. The molecule has 1 aromatic heterocycles. The second-order valence-electron chi connectivity index (χ2n) is 6.22. The molecule has 136 valence electrons. The Bertz CT molecular complexity index is 1110. The smallest absolute Gasteiger partial charge is 0.180 e. The number of nitrogen functional groups attached to an aromatic ring is 1. The quantitative estimate of drug-likeness (QED) is 0.708. The summed E-state index contributed by atoms with van der Waals surface area (Å²) >= 11 is 0. The normalized spacial score (nSPS) is 11.1. The summed E-state index contributed by atoms with van der Waals surface area (Å²) in [6.45, 7) is 3.32. The number of anilines is 1. The molecular weight excluding hydrogens is 358 g/mol. The minimum absolute atomic E-state index is 0.251.